The van der Waals surface area contributed by atoms with E-state index in [1.165, 1.54) is 12.5 Å². The van der Waals surface area contributed by atoms with Gasteiger partial charge in [-0.05, 0) is 29.9 Å². The number of carbonyl (C=O) groups is 2. The number of ether oxygens (including phenoxy) is 1. The molecule has 0 aliphatic heterocycles. The van der Waals surface area contributed by atoms with Crippen molar-refractivity contribution in [1.82, 2.24) is 5.32 Å². The van der Waals surface area contributed by atoms with Gasteiger partial charge in [0.1, 0.15) is 0 Å². The summed E-state index contributed by atoms with van der Waals surface area (Å²) in [6.45, 7) is 4.16. The second-order valence-corrected chi connectivity index (χ2v) is 6.29. The van der Waals surface area contributed by atoms with Gasteiger partial charge in [0, 0.05) is 12.1 Å². The Morgan fingerprint density at radius 3 is 2.70 bits per heavy atom. The molecule has 1 aliphatic carbocycles. The molecule has 4 heteroatoms. The zero-order chi connectivity index (χ0) is 16.7. The Labute approximate surface area is 137 Å². The minimum Gasteiger partial charge on any atom is -0.452 e. The van der Waals surface area contributed by atoms with Crippen molar-refractivity contribution in [3.63, 3.8) is 0 Å². The molecule has 1 amide bonds. The Kier molecular flexibility index (Phi) is 6.39. The number of amides is 1. The van der Waals surface area contributed by atoms with Gasteiger partial charge in [-0.1, -0.05) is 57.0 Å². The van der Waals surface area contributed by atoms with Crippen molar-refractivity contribution in [1.29, 1.82) is 0 Å². The van der Waals surface area contributed by atoms with Crippen LogP contribution in [0.25, 0.3) is 6.08 Å². The van der Waals surface area contributed by atoms with Crippen molar-refractivity contribution in [3.8, 4) is 0 Å². The van der Waals surface area contributed by atoms with E-state index >= 15 is 0 Å². The lowest BCUT2D eigenvalue weighted by molar-refractivity contribution is -0.144. The minimum atomic E-state index is -0.505. The van der Waals surface area contributed by atoms with Crippen molar-refractivity contribution in [3.05, 3.63) is 42.0 Å². The Bertz CT molecular complexity index is 553. The average molecular weight is 315 g/mol. The summed E-state index contributed by atoms with van der Waals surface area (Å²) in [5.74, 6) is 0.346. The average Bonchev–Trinajstić information content (AvgIpc) is 2.56. The predicted octanol–water partition coefficient (Wildman–Crippen LogP) is 3.18. The number of nitrogens with one attached hydrogen (secondary N) is 1. The molecule has 0 spiro atoms. The molecule has 1 N–H and O–H groups in total. The van der Waals surface area contributed by atoms with E-state index in [1.807, 2.05) is 30.3 Å². The van der Waals surface area contributed by atoms with Gasteiger partial charge in [0.2, 0.25) is 0 Å². The maximum absolute atomic E-state index is 11.9. The maximum atomic E-state index is 11.9. The first-order valence-electron chi connectivity index (χ1n) is 8.25. The Hall–Kier alpha value is -2.10. The van der Waals surface area contributed by atoms with Crippen LogP contribution in [-0.2, 0) is 14.3 Å². The van der Waals surface area contributed by atoms with Gasteiger partial charge in [0.15, 0.2) is 6.61 Å². The first kappa shape index (κ1) is 17.3. The van der Waals surface area contributed by atoms with E-state index in [2.05, 4.69) is 19.2 Å². The predicted molar refractivity (Wildman–Crippen MR) is 90.5 cm³/mol. The summed E-state index contributed by atoms with van der Waals surface area (Å²) in [7, 11) is 0. The molecule has 1 aliphatic rings. The molecule has 2 rings (SSSR count). The van der Waals surface area contributed by atoms with Crippen molar-refractivity contribution >= 4 is 18.0 Å². The molecule has 1 aromatic carbocycles. The Balaban J connectivity index is 1.73. The van der Waals surface area contributed by atoms with Crippen molar-refractivity contribution in [2.24, 2.45) is 11.8 Å². The van der Waals surface area contributed by atoms with Gasteiger partial charge in [-0.15, -0.1) is 0 Å². The van der Waals surface area contributed by atoms with Crippen LogP contribution < -0.4 is 5.32 Å². The second kappa shape index (κ2) is 8.51. The van der Waals surface area contributed by atoms with Gasteiger partial charge in [-0.2, -0.15) is 0 Å². The summed E-state index contributed by atoms with van der Waals surface area (Å²) in [5.41, 5.74) is 0.916. The molecule has 0 bridgehead atoms. The first-order valence-corrected chi connectivity index (χ1v) is 8.25. The van der Waals surface area contributed by atoms with E-state index in [-0.39, 0.29) is 18.6 Å². The number of rotatable bonds is 5. The van der Waals surface area contributed by atoms with Gasteiger partial charge in [-0.3, -0.25) is 4.79 Å². The third-order valence-corrected chi connectivity index (χ3v) is 4.61. The van der Waals surface area contributed by atoms with E-state index in [1.54, 1.807) is 6.08 Å². The summed E-state index contributed by atoms with van der Waals surface area (Å²) >= 11 is 0. The third-order valence-electron chi connectivity index (χ3n) is 4.61. The number of hydrogen-bond donors (Lipinski definition) is 1. The summed E-state index contributed by atoms with van der Waals surface area (Å²) < 4.78 is 4.99. The fourth-order valence-corrected chi connectivity index (χ4v) is 2.95. The minimum absolute atomic E-state index is 0.185. The number of hydrogen-bond acceptors (Lipinski definition) is 3. The Morgan fingerprint density at radius 2 is 1.96 bits per heavy atom. The van der Waals surface area contributed by atoms with Gasteiger partial charge in [0.05, 0.1) is 0 Å². The molecule has 23 heavy (non-hydrogen) atoms. The number of carbonyl (C=O) groups excluding carboxylic acids is 2. The molecule has 0 radical (unpaired) electrons. The normalized spacial score (nSPS) is 24.3. The molecule has 4 nitrogen and oxygen atoms in total. The molecule has 0 aromatic heterocycles. The summed E-state index contributed by atoms with van der Waals surface area (Å²) in [4.78, 5) is 23.6. The lowest BCUT2D eigenvalue weighted by Crippen LogP contribution is -2.45. The highest BCUT2D eigenvalue weighted by molar-refractivity contribution is 5.89. The van der Waals surface area contributed by atoms with Crippen LogP contribution in [-0.4, -0.2) is 24.5 Å². The van der Waals surface area contributed by atoms with Crippen molar-refractivity contribution in [2.45, 2.75) is 39.2 Å². The monoisotopic (exact) mass is 315 g/mol. The van der Waals surface area contributed by atoms with Crippen molar-refractivity contribution < 1.29 is 14.3 Å². The molecule has 1 saturated carbocycles. The molecule has 3 unspecified atom stereocenters. The molecule has 0 saturated heterocycles. The van der Waals surface area contributed by atoms with Crippen LogP contribution in [0.3, 0.4) is 0 Å². The molecule has 1 aromatic rings. The second-order valence-electron chi connectivity index (χ2n) is 6.29. The lowest BCUT2D eigenvalue weighted by atomic mass is 9.78. The lowest BCUT2D eigenvalue weighted by Gasteiger charge is -2.34. The van der Waals surface area contributed by atoms with Crippen LogP contribution >= 0.6 is 0 Å². The molecule has 0 heterocycles. The van der Waals surface area contributed by atoms with Crippen LogP contribution in [0.4, 0.5) is 0 Å². The zero-order valence-electron chi connectivity index (χ0n) is 13.8. The maximum Gasteiger partial charge on any atom is 0.331 e. The molecule has 1 fully saturated rings. The van der Waals surface area contributed by atoms with Crippen LogP contribution in [0.5, 0.6) is 0 Å². The highest BCUT2D eigenvalue weighted by Gasteiger charge is 2.28. The quantitative estimate of drug-likeness (QED) is 0.670. The number of benzene rings is 1. The van der Waals surface area contributed by atoms with Gasteiger partial charge in [-0.25, -0.2) is 4.79 Å². The van der Waals surface area contributed by atoms with Crippen LogP contribution in [0, 0.1) is 11.8 Å². The first-order chi connectivity index (χ1) is 11.1. The van der Waals surface area contributed by atoms with E-state index in [9.17, 15) is 9.59 Å². The number of esters is 1. The highest BCUT2D eigenvalue weighted by Crippen LogP contribution is 2.29. The van der Waals surface area contributed by atoms with Crippen LogP contribution in [0.15, 0.2) is 36.4 Å². The summed E-state index contributed by atoms with van der Waals surface area (Å²) in [6.07, 6.45) is 6.36. The highest BCUT2D eigenvalue weighted by atomic mass is 16.5. The van der Waals surface area contributed by atoms with E-state index in [0.29, 0.717) is 11.8 Å². The van der Waals surface area contributed by atoms with Gasteiger partial charge < -0.3 is 10.1 Å². The van der Waals surface area contributed by atoms with Gasteiger partial charge in [0.25, 0.3) is 5.91 Å². The fourth-order valence-electron chi connectivity index (χ4n) is 2.95. The van der Waals surface area contributed by atoms with Crippen LogP contribution in [0.1, 0.15) is 38.7 Å². The molecular weight excluding hydrogens is 290 g/mol. The molecular formula is C19H25NO3. The zero-order valence-corrected chi connectivity index (χ0v) is 13.8. The van der Waals surface area contributed by atoms with Gasteiger partial charge >= 0.3 is 5.97 Å². The topological polar surface area (TPSA) is 55.4 Å². The van der Waals surface area contributed by atoms with E-state index in [0.717, 1.165) is 18.4 Å². The SMILES string of the molecule is CC1CCCC(NC(=O)COC(=O)/C=C/c2ccccc2)C1C. The molecule has 124 valence electrons. The summed E-state index contributed by atoms with van der Waals surface area (Å²) in [6, 6.07) is 9.66. The standard InChI is InChI=1S/C19H25NO3/c1-14-7-6-10-17(15(14)2)20-18(21)13-23-19(22)12-11-16-8-4-3-5-9-16/h3-5,8-9,11-12,14-15,17H,6-7,10,13H2,1-2H3,(H,20,21)/b12-11+. The third kappa shape index (κ3) is 5.55. The van der Waals surface area contributed by atoms with E-state index < -0.39 is 5.97 Å². The largest absolute Gasteiger partial charge is 0.452 e. The Morgan fingerprint density at radius 1 is 1.22 bits per heavy atom. The fraction of sp³-hybridized carbons (Fsp3) is 0.474. The summed E-state index contributed by atoms with van der Waals surface area (Å²) in [5, 5.41) is 2.99. The molecule has 3 atom stereocenters. The van der Waals surface area contributed by atoms with E-state index in [4.69, 9.17) is 4.74 Å². The van der Waals surface area contributed by atoms with Crippen LogP contribution in [0.2, 0.25) is 0 Å². The van der Waals surface area contributed by atoms with Crippen molar-refractivity contribution in [2.75, 3.05) is 6.61 Å². The smallest absolute Gasteiger partial charge is 0.331 e.